The van der Waals surface area contributed by atoms with Gasteiger partial charge in [-0.2, -0.15) is 0 Å². The van der Waals surface area contributed by atoms with Crippen molar-refractivity contribution in [2.24, 2.45) is 5.92 Å². The van der Waals surface area contributed by atoms with Gasteiger partial charge in [0.1, 0.15) is 5.83 Å². The van der Waals surface area contributed by atoms with Crippen molar-refractivity contribution in [1.29, 1.82) is 0 Å². The van der Waals surface area contributed by atoms with E-state index in [1.165, 1.54) is 5.57 Å². The zero-order valence-electron chi connectivity index (χ0n) is 6.32. The Hall–Kier alpha value is -0.160. The van der Waals surface area contributed by atoms with Crippen LogP contribution in [-0.2, 0) is 0 Å². The lowest BCUT2D eigenvalue weighted by molar-refractivity contribution is 0.519. The van der Waals surface area contributed by atoms with Gasteiger partial charge in [0.2, 0.25) is 0 Å². The van der Waals surface area contributed by atoms with Crippen molar-refractivity contribution >= 4 is 9.24 Å². The molecule has 0 nitrogen and oxygen atoms in total. The molecule has 0 saturated heterocycles. The van der Waals surface area contributed by atoms with Gasteiger partial charge >= 0.3 is 0 Å². The van der Waals surface area contributed by atoms with Gasteiger partial charge in [0.15, 0.2) is 0 Å². The van der Waals surface area contributed by atoms with Crippen molar-refractivity contribution in [3.05, 3.63) is 22.8 Å². The van der Waals surface area contributed by atoms with Crippen LogP contribution in [0, 0.1) is 5.92 Å². The van der Waals surface area contributed by atoms with E-state index in [1.807, 2.05) is 6.92 Å². The van der Waals surface area contributed by atoms with E-state index in [2.05, 4.69) is 16.2 Å². The highest BCUT2D eigenvalue weighted by atomic mass is 31.0. The molecule has 0 N–H and O–H groups in total. The van der Waals surface area contributed by atoms with E-state index < -0.39 is 0 Å². The number of halogens is 1. The summed E-state index contributed by atoms with van der Waals surface area (Å²) in [5, 5.41) is 1.01. The van der Waals surface area contributed by atoms with E-state index in [-0.39, 0.29) is 5.83 Å². The SMILES string of the molecule is CC1=C(P)C=C(F)CC1C. The third kappa shape index (κ3) is 1.46. The summed E-state index contributed by atoms with van der Waals surface area (Å²) in [5.41, 5.74) is 1.28. The minimum absolute atomic E-state index is 0.00287. The van der Waals surface area contributed by atoms with Gasteiger partial charge in [-0.15, -0.1) is 9.24 Å². The lowest BCUT2D eigenvalue weighted by Crippen LogP contribution is -2.02. The van der Waals surface area contributed by atoms with Crippen molar-refractivity contribution in [2.75, 3.05) is 0 Å². The molecule has 1 aliphatic rings. The maximum absolute atomic E-state index is 12.7. The van der Waals surface area contributed by atoms with Gasteiger partial charge in [0.05, 0.1) is 0 Å². The zero-order valence-corrected chi connectivity index (χ0v) is 7.47. The van der Waals surface area contributed by atoms with Gasteiger partial charge in [0, 0.05) is 6.42 Å². The summed E-state index contributed by atoms with van der Waals surface area (Å²) in [5.74, 6) is 0.376. The summed E-state index contributed by atoms with van der Waals surface area (Å²) in [6, 6.07) is 0. The summed E-state index contributed by atoms with van der Waals surface area (Å²) in [6.45, 7) is 4.10. The second kappa shape index (κ2) is 2.84. The molecule has 0 bridgehead atoms. The molecule has 0 saturated carbocycles. The molecule has 0 heterocycles. The van der Waals surface area contributed by atoms with Crippen molar-refractivity contribution in [3.63, 3.8) is 0 Å². The Labute approximate surface area is 63.4 Å². The van der Waals surface area contributed by atoms with E-state index in [1.54, 1.807) is 6.08 Å². The normalized spacial score (nSPS) is 26.8. The summed E-state index contributed by atoms with van der Waals surface area (Å²) in [6.07, 6.45) is 2.17. The third-order valence-corrected chi connectivity index (χ3v) is 2.63. The number of allylic oxidation sites excluding steroid dienone is 4. The highest BCUT2D eigenvalue weighted by Gasteiger charge is 2.14. The van der Waals surface area contributed by atoms with Crippen molar-refractivity contribution in [1.82, 2.24) is 0 Å². The zero-order chi connectivity index (χ0) is 7.72. The van der Waals surface area contributed by atoms with Gasteiger partial charge in [-0.25, -0.2) is 4.39 Å². The summed E-state index contributed by atoms with van der Waals surface area (Å²) in [4.78, 5) is 0. The fourth-order valence-corrected chi connectivity index (χ4v) is 1.54. The maximum Gasteiger partial charge on any atom is 0.101 e. The smallest absolute Gasteiger partial charge is 0.101 e. The molecule has 0 aliphatic heterocycles. The molecule has 1 rings (SSSR count). The second-order valence-corrected chi connectivity index (χ2v) is 3.46. The monoisotopic (exact) mass is 158 g/mol. The van der Waals surface area contributed by atoms with Gasteiger partial charge in [0.25, 0.3) is 0 Å². The van der Waals surface area contributed by atoms with Crippen LogP contribution >= 0.6 is 9.24 Å². The third-order valence-electron chi connectivity index (χ3n) is 2.01. The van der Waals surface area contributed by atoms with E-state index in [9.17, 15) is 4.39 Å². The molecule has 2 atom stereocenters. The number of rotatable bonds is 0. The average molecular weight is 158 g/mol. The molecule has 0 aromatic rings. The van der Waals surface area contributed by atoms with E-state index in [0.717, 1.165) is 5.31 Å². The van der Waals surface area contributed by atoms with Gasteiger partial charge in [-0.05, 0) is 24.2 Å². The molecule has 10 heavy (non-hydrogen) atoms. The maximum atomic E-state index is 12.7. The van der Waals surface area contributed by atoms with E-state index in [0.29, 0.717) is 12.3 Å². The summed E-state index contributed by atoms with van der Waals surface area (Å²) < 4.78 is 12.7. The fourth-order valence-electron chi connectivity index (χ4n) is 1.07. The Morgan fingerprint density at radius 3 is 2.80 bits per heavy atom. The minimum Gasteiger partial charge on any atom is -0.212 e. The molecule has 56 valence electrons. The van der Waals surface area contributed by atoms with Crippen LogP contribution in [0.2, 0.25) is 0 Å². The highest BCUT2D eigenvalue weighted by molar-refractivity contribution is 7.23. The van der Waals surface area contributed by atoms with Gasteiger partial charge in [-0.3, -0.25) is 0 Å². The van der Waals surface area contributed by atoms with Gasteiger partial charge < -0.3 is 0 Å². The Bertz CT molecular complexity index is 203. The molecule has 2 unspecified atom stereocenters. The average Bonchev–Trinajstić information content (AvgIpc) is 1.82. The first-order chi connectivity index (χ1) is 4.61. The standard InChI is InChI=1S/C8H12FP/c1-5-3-7(9)4-8(10)6(5)2/h4-5H,3,10H2,1-2H3. The Morgan fingerprint density at radius 1 is 1.70 bits per heavy atom. The predicted molar refractivity (Wildman–Crippen MR) is 45.4 cm³/mol. The van der Waals surface area contributed by atoms with E-state index >= 15 is 0 Å². The topological polar surface area (TPSA) is 0 Å². The Balaban J connectivity index is 2.92. The van der Waals surface area contributed by atoms with Crippen molar-refractivity contribution in [2.45, 2.75) is 20.3 Å². The first-order valence-corrected chi connectivity index (χ1v) is 4.01. The van der Waals surface area contributed by atoms with Crippen LogP contribution < -0.4 is 0 Å². The van der Waals surface area contributed by atoms with Crippen LogP contribution in [0.15, 0.2) is 22.8 Å². The Kier molecular flexibility index (Phi) is 2.25. The number of hydrogen-bond donors (Lipinski definition) is 0. The quantitative estimate of drug-likeness (QED) is 0.475. The largest absolute Gasteiger partial charge is 0.212 e. The molecule has 0 spiro atoms. The molecule has 1 aliphatic carbocycles. The van der Waals surface area contributed by atoms with Crippen LogP contribution in [-0.4, -0.2) is 0 Å². The predicted octanol–water partition coefficient (Wildman–Crippen LogP) is 3.03. The van der Waals surface area contributed by atoms with Crippen molar-refractivity contribution in [3.8, 4) is 0 Å². The second-order valence-electron chi connectivity index (χ2n) is 2.83. The Morgan fingerprint density at radius 2 is 2.30 bits per heavy atom. The van der Waals surface area contributed by atoms with Crippen LogP contribution in [0.4, 0.5) is 4.39 Å². The minimum atomic E-state index is 0.00287. The van der Waals surface area contributed by atoms with Crippen molar-refractivity contribution < 1.29 is 4.39 Å². The van der Waals surface area contributed by atoms with Gasteiger partial charge in [-0.1, -0.05) is 12.5 Å². The lowest BCUT2D eigenvalue weighted by atomic mass is 9.94. The fraction of sp³-hybridized carbons (Fsp3) is 0.500. The van der Waals surface area contributed by atoms with Crippen LogP contribution in [0.25, 0.3) is 0 Å². The highest BCUT2D eigenvalue weighted by Crippen LogP contribution is 2.32. The lowest BCUT2D eigenvalue weighted by Gasteiger charge is -2.17. The molecule has 0 fully saturated rings. The number of hydrogen-bond acceptors (Lipinski definition) is 0. The van der Waals surface area contributed by atoms with Crippen LogP contribution in [0.1, 0.15) is 20.3 Å². The summed E-state index contributed by atoms with van der Waals surface area (Å²) in [7, 11) is 2.56. The van der Waals surface area contributed by atoms with E-state index in [4.69, 9.17) is 0 Å². The van der Waals surface area contributed by atoms with Crippen LogP contribution in [0.5, 0.6) is 0 Å². The first-order valence-electron chi connectivity index (χ1n) is 3.43. The molecule has 2 heteroatoms. The van der Waals surface area contributed by atoms with Crippen LogP contribution in [0.3, 0.4) is 0 Å². The molecular formula is C8H12FP. The summed E-state index contributed by atoms with van der Waals surface area (Å²) >= 11 is 0. The molecule has 0 aromatic carbocycles. The molecule has 0 aromatic heterocycles. The molecular weight excluding hydrogens is 146 g/mol. The first kappa shape index (κ1) is 7.94. The molecule has 0 amide bonds. The molecule has 0 radical (unpaired) electrons.